The zero-order valence-corrected chi connectivity index (χ0v) is 21.3. The molecule has 182 valence electrons. The van der Waals surface area contributed by atoms with Gasteiger partial charge >= 0.3 is 0 Å². The van der Waals surface area contributed by atoms with Crippen molar-refractivity contribution in [2.24, 2.45) is 0 Å². The molecule has 0 radical (unpaired) electrons. The molecule has 1 saturated heterocycles. The Kier molecular flexibility index (Phi) is 7.07. The van der Waals surface area contributed by atoms with Crippen LogP contribution in [0.4, 0.5) is 5.69 Å². The van der Waals surface area contributed by atoms with Crippen molar-refractivity contribution in [2.75, 3.05) is 18.0 Å². The second kappa shape index (κ2) is 10.4. The van der Waals surface area contributed by atoms with Gasteiger partial charge in [0, 0.05) is 42.2 Å². The number of halogens is 2. The summed E-state index contributed by atoms with van der Waals surface area (Å²) >= 11 is 12.2. The first-order valence-corrected chi connectivity index (χ1v) is 13.0. The monoisotopic (exact) mass is 508 g/mol. The topological polar surface area (TPSA) is 47.6 Å². The van der Waals surface area contributed by atoms with Gasteiger partial charge in [-0.05, 0) is 72.7 Å². The number of nitrogens with one attached hydrogen (secondary N) is 2. The molecule has 2 N–H and O–H groups in total. The van der Waals surface area contributed by atoms with E-state index >= 15 is 0 Å². The smallest absolute Gasteiger partial charge is 0.270 e. The number of amides is 1. The third kappa shape index (κ3) is 5.21. The molecule has 35 heavy (non-hydrogen) atoms. The molecule has 2 aromatic rings. The number of allylic oxidation sites excluding steroid dienone is 3. The summed E-state index contributed by atoms with van der Waals surface area (Å²) in [5, 5.41) is 7.88. The second-order valence-electron chi connectivity index (χ2n) is 9.21. The maximum atomic E-state index is 13.1. The summed E-state index contributed by atoms with van der Waals surface area (Å²) in [5.41, 5.74) is 5.25. The summed E-state index contributed by atoms with van der Waals surface area (Å²) in [6.07, 6.45) is 8.58. The summed E-state index contributed by atoms with van der Waals surface area (Å²) in [6.45, 7) is 4.59. The molecular weight excluding hydrogens is 479 g/mol. The molecule has 3 aliphatic rings. The van der Waals surface area contributed by atoms with E-state index in [1.807, 2.05) is 42.3 Å². The van der Waals surface area contributed by atoms with Crippen molar-refractivity contribution in [3.63, 3.8) is 0 Å². The van der Waals surface area contributed by atoms with Gasteiger partial charge in [-0.2, -0.15) is 0 Å². The van der Waals surface area contributed by atoms with Gasteiger partial charge in [-0.15, -0.1) is 0 Å². The number of piperidine rings is 1. The molecule has 0 saturated carbocycles. The quantitative estimate of drug-likeness (QED) is 0.514. The fourth-order valence-electron chi connectivity index (χ4n) is 5.08. The highest BCUT2D eigenvalue weighted by Gasteiger charge is 2.33. The van der Waals surface area contributed by atoms with Gasteiger partial charge in [0.1, 0.15) is 11.9 Å². The number of fused-ring (bicyclic) bond motifs is 1. The molecular formula is C28H30Cl2N4O. The molecule has 7 heteroatoms. The lowest BCUT2D eigenvalue weighted by molar-refractivity contribution is -0.118. The zero-order chi connectivity index (χ0) is 24.4. The van der Waals surface area contributed by atoms with Crippen molar-refractivity contribution < 1.29 is 4.79 Å². The standard InChI is InChI=1S/C28H30Cl2N4O/c1-2-25-27(34-18-23(30)9-12-26(34)32-25)28(35)31-17-19-3-10-24(11-4-19)33-15-13-21(14-16-33)20-5-7-22(29)8-6-20/h3-12,18,21,26,32H,2,13-17H2,1H3,(H,31,35). The number of nitrogens with zero attached hydrogens (tertiary/aromatic N) is 2. The Morgan fingerprint density at radius 3 is 2.46 bits per heavy atom. The summed E-state index contributed by atoms with van der Waals surface area (Å²) in [4.78, 5) is 17.4. The van der Waals surface area contributed by atoms with Crippen molar-refractivity contribution in [3.8, 4) is 0 Å². The first kappa shape index (κ1) is 23.8. The van der Waals surface area contributed by atoms with E-state index in [9.17, 15) is 4.79 Å². The van der Waals surface area contributed by atoms with Crippen molar-refractivity contribution in [1.29, 1.82) is 0 Å². The van der Waals surface area contributed by atoms with Gasteiger partial charge in [0.2, 0.25) is 0 Å². The van der Waals surface area contributed by atoms with Crippen molar-refractivity contribution in [3.05, 3.63) is 99.5 Å². The van der Waals surface area contributed by atoms with Crippen LogP contribution in [0.3, 0.4) is 0 Å². The molecule has 5 nitrogen and oxygen atoms in total. The molecule has 0 aromatic heterocycles. The van der Waals surface area contributed by atoms with Crippen LogP contribution >= 0.6 is 23.2 Å². The van der Waals surface area contributed by atoms with Crippen LogP contribution in [0.5, 0.6) is 0 Å². The third-order valence-electron chi connectivity index (χ3n) is 7.03. The number of benzene rings is 2. The van der Waals surface area contributed by atoms with E-state index in [0.29, 0.717) is 23.2 Å². The van der Waals surface area contributed by atoms with Crippen molar-refractivity contribution >= 4 is 34.8 Å². The SMILES string of the molecule is CCC1=C(C(=O)NCc2ccc(N3CCC(c4ccc(Cl)cc4)CC3)cc2)N2C=C(Cl)C=CC2N1. The van der Waals surface area contributed by atoms with Gasteiger partial charge in [0.15, 0.2) is 0 Å². The van der Waals surface area contributed by atoms with Crippen LogP contribution in [-0.4, -0.2) is 30.1 Å². The van der Waals surface area contributed by atoms with Crippen LogP contribution in [0.15, 0.2) is 83.3 Å². The Labute approximate surface area is 217 Å². The van der Waals surface area contributed by atoms with E-state index in [2.05, 4.69) is 51.9 Å². The number of carbonyl (C=O) groups is 1. The van der Waals surface area contributed by atoms with Crippen molar-refractivity contribution in [2.45, 2.75) is 44.8 Å². The maximum absolute atomic E-state index is 13.1. The van der Waals surface area contributed by atoms with E-state index in [0.717, 1.165) is 48.6 Å². The van der Waals surface area contributed by atoms with E-state index in [1.54, 1.807) is 0 Å². The Morgan fingerprint density at radius 2 is 1.77 bits per heavy atom. The number of hydrogen-bond acceptors (Lipinski definition) is 4. The number of carbonyl (C=O) groups excluding carboxylic acids is 1. The summed E-state index contributed by atoms with van der Waals surface area (Å²) in [6, 6.07) is 16.8. The highest BCUT2D eigenvalue weighted by atomic mass is 35.5. The molecule has 0 spiro atoms. The van der Waals surface area contributed by atoms with Crippen LogP contribution in [0.2, 0.25) is 5.02 Å². The van der Waals surface area contributed by atoms with E-state index in [4.69, 9.17) is 23.2 Å². The predicted molar refractivity (Wildman–Crippen MR) is 143 cm³/mol. The first-order valence-electron chi connectivity index (χ1n) is 12.2. The zero-order valence-electron chi connectivity index (χ0n) is 19.8. The van der Waals surface area contributed by atoms with Gasteiger partial charge in [-0.1, -0.05) is 54.4 Å². The fourth-order valence-corrected chi connectivity index (χ4v) is 5.38. The number of rotatable bonds is 6. The molecule has 2 aromatic carbocycles. The van der Waals surface area contributed by atoms with E-state index in [-0.39, 0.29) is 12.1 Å². The summed E-state index contributed by atoms with van der Waals surface area (Å²) in [7, 11) is 0. The first-order chi connectivity index (χ1) is 17.0. The maximum Gasteiger partial charge on any atom is 0.270 e. The predicted octanol–water partition coefficient (Wildman–Crippen LogP) is 5.84. The highest BCUT2D eigenvalue weighted by Crippen LogP contribution is 2.31. The average Bonchev–Trinajstić information content (AvgIpc) is 3.26. The van der Waals surface area contributed by atoms with Crippen LogP contribution in [-0.2, 0) is 11.3 Å². The minimum absolute atomic E-state index is 0.0590. The molecule has 1 atom stereocenters. The van der Waals surface area contributed by atoms with Crippen LogP contribution < -0.4 is 15.5 Å². The minimum Gasteiger partial charge on any atom is -0.371 e. The molecule has 1 amide bonds. The lowest BCUT2D eigenvalue weighted by Crippen LogP contribution is -2.37. The Hall–Kier alpha value is -2.89. The van der Waals surface area contributed by atoms with E-state index < -0.39 is 0 Å². The van der Waals surface area contributed by atoms with Gasteiger partial charge in [0.25, 0.3) is 5.91 Å². The largest absolute Gasteiger partial charge is 0.371 e. The Bertz CT molecular complexity index is 1160. The Balaban J connectivity index is 1.16. The highest BCUT2D eigenvalue weighted by molar-refractivity contribution is 6.31. The third-order valence-corrected chi connectivity index (χ3v) is 7.50. The van der Waals surface area contributed by atoms with Gasteiger partial charge in [-0.3, -0.25) is 4.79 Å². The Morgan fingerprint density at radius 1 is 1.06 bits per heavy atom. The lowest BCUT2D eigenvalue weighted by atomic mass is 9.89. The molecule has 1 fully saturated rings. The molecule has 0 bridgehead atoms. The second-order valence-corrected chi connectivity index (χ2v) is 10.1. The molecule has 3 aliphatic heterocycles. The average molecular weight is 509 g/mol. The molecule has 3 heterocycles. The molecule has 5 rings (SSSR count). The summed E-state index contributed by atoms with van der Waals surface area (Å²) in [5.74, 6) is 0.492. The normalized spacial score (nSPS) is 20.0. The summed E-state index contributed by atoms with van der Waals surface area (Å²) < 4.78 is 0. The van der Waals surface area contributed by atoms with Gasteiger partial charge in [-0.25, -0.2) is 0 Å². The van der Waals surface area contributed by atoms with Gasteiger partial charge in [0.05, 0.1) is 5.03 Å². The lowest BCUT2D eigenvalue weighted by Gasteiger charge is -2.34. The van der Waals surface area contributed by atoms with E-state index in [1.165, 1.54) is 11.3 Å². The molecule has 1 unspecified atom stereocenters. The molecule has 0 aliphatic carbocycles. The van der Waals surface area contributed by atoms with Crippen LogP contribution in [0, 0.1) is 0 Å². The minimum atomic E-state index is -0.0961. The fraction of sp³-hybridized carbons (Fsp3) is 0.321. The van der Waals surface area contributed by atoms with Crippen molar-refractivity contribution in [1.82, 2.24) is 15.5 Å². The van der Waals surface area contributed by atoms with Crippen LogP contribution in [0.25, 0.3) is 0 Å². The van der Waals surface area contributed by atoms with Crippen LogP contribution in [0.1, 0.15) is 43.2 Å². The number of hydrogen-bond donors (Lipinski definition) is 2. The van der Waals surface area contributed by atoms with Gasteiger partial charge < -0.3 is 20.4 Å². The number of anilines is 1.